The number of fused-ring (bicyclic) bond motifs is 1. The molecule has 1 saturated heterocycles. The molecule has 1 unspecified atom stereocenters. The fourth-order valence-electron chi connectivity index (χ4n) is 4.69. The molecule has 0 saturated carbocycles. The van der Waals surface area contributed by atoms with Gasteiger partial charge < -0.3 is 25.4 Å². The number of alkyl halides is 2. The van der Waals surface area contributed by atoms with Crippen LogP contribution in [0.15, 0.2) is 36.4 Å². The molecule has 192 valence electrons. The molecule has 0 aromatic heterocycles. The fourth-order valence-corrected chi connectivity index (χ4v) is 4.91. The average molecular weight is 512 g/mol. The Morgan fingerprint density at radius 1 is 1.17 bits per heavy atom. The highest BCUT2D eigenvalue weighted by molar-refractivity contribution is 6.32. The van der Waals surface area contributed by atoms with Gasteiger partial charge in [0, 0.05) is 18.7 Å². The first-order valence-corrected chi connectivity index (χ1v) is 12.2. The summed E-state index contributed by atoms with van der Waals surface area (Å²) in [5.74, 6) is -2.76. The molecule has 2 aliphatic heterocycles. The molecule has 2 heterocycles. The average Bonchev–Trinajstić information content (AvgIpc) is 3.10. The number of ether oxygens (including phenoxy) is 1. The summed E-state index contributed by atoms with van der Waals surface area (Å²) in [5.41, 5.74) is 2.23. The Hall–Kier alpha value is -1.85. The zero-order valence-electron chi connectivity index (χ0n) is 19.7. The van der Waals surface area contributed by atoms with Gasteiger partial charge >= 0.3 is 0 Å². The Morgan fingerprint density at radius 3 is 2.63 bits per heavy atom. The zero-order chi connectivity index (χ0) is 25.3. The predicted octanol–water partition coefficient (Wildman–Crippen LogP) is 3.20. The van der Waals surface area contributed by atoms with Crippen molar-refractivity contribution in [2.45, 2.75) is 76.5 Å². The number of piperidine rings is 1. The highest BCUT2D eigenvalue weighted by Gasteiger charge is 2.39. The summed E-state index contributed by atoms with van der Waals surface area (Å²) in [6, 6.07) is 9.15. The molecule has 35 heavy (non-hydrogen) atoms. The SMILES string of the molecule is CC(C)Oc1ccc(C(F)(F)CNCc2ccc3c(c2)CN(C2CC[C@H](O)N[C@@H]2O)[C@H]3O)cc1Cl. The quantitative estimate of drug-likeness (QED) is 0.371. The van der Waals surface area contributed by atoms with E-state index in [1.165, 1.54) is 18.2 Å². The third kappa shape index (κ3) is 5.94. The standard InChI is InChI=1S/C25H32ClF2N3O4/c1-14(2)35-21-7-4-17(10-19(21)26)25(27,28)13-29-11-15-3-5-18-16(9-15)12-31(24(18)34)20-6-8-22(32)30-23(20)33/h3-5,7,9-10,14,20,22-24,29-30,32-34H,6,8,11-13H2,1-2H3/t20?,22-,23+,24-/m0/s1. The molecular formula is C25H32ClF2N3O4. The Morgan fingerprint density at radius 2 is 1.94 bits per heavy atom. The Kier molecular flexibility index (Phi) is 7.97. The summed E-state index contributed by atoms with van der Waals surface area (Å²) in [6.07, 6.45) is -1.69. The van der Waals surface area contributed by atoms with Crippen LogP contribution in [0, 0.1) is 0 Å². The van der Waals surface area contributed by atoms with Gasteiger partial charge in [-0.2, -0.15) is 8.78 Å². The Balaban J connectivity index is 1.36. The van der Waals surface area contributed by atoms with Crippen LogP contribution in [0.25, 0.3) is 0 Å². The monoisotopic (exact) mass is 511 g/mol. The normalized spacial score (nSPS) is 25.2. The van der Waals surface area contributed by atoms with E-state index in [2.05, 4.69) is 10.6 Å². The van der Waals surface area contributed by atoms with Crippen LogP contribution >= 0.6 is 11.6 Å². The van der Waals surface area contributed by atoms with Crippen molar-refractivity contribution in [3.63, 3.8) is 0 Å². The lowest BCUT2D eigenvalue weighted by Gasteiger charge is -2.39. The minimum atomic E-state index is -3.13. The number of nitrogens with zero attached hydrogens (tertiary/aromatic N) is 1. The first-order chi connectivity index (χ1) is 16.5. The number of benzene rings is 2. The lowest BCUT2D eigenvalue weighted by Crippen LogP contribution is -2.56. The second-order valence-corrected chi connectivity index (χ2v) is 9.88. The molecule has 5 N–H and O–H groups in total. The van der Waals surface area contributed by atoms with Crippen molar-refractivity contribution < 1.29 is 28.8 Å². The highest BCUT2D eigenvalue weighted by atomic mass is 35.5. The maximum atomic E-state index is 14.8. The van der Waals surface area contributed by atoms with Gasteiger partial charge in [-0.05, 0) is 61.6 Å². The third-order valence-corrected chi connectivity index (χ3v) is 6.73. The minimum absolute atomic E-state index is 0.113. The van der Waals surface area contributed by atoms with Crippen LogP contribution < -0.4 is 15.4 Å². The van der Waals surface area contributed by atoms with E-state index >= 15 is 0 Å². The van der Waals surface area contributed by atoms with Crippen LogP contribution in [0.3, 0.4) is 0 Å². The first-order valence-electron chi connectivity index (χ1n) is 11.8. The van der Waals surface area contributed by atoms with Crippen LogP contribution in [-0.2, 0) is 19.0 Å². The molecule has 7 nitrogen and oxygen atoms in total. The molecule has 0 bridgehead atoms. The molecule has 2 aromatic carbocycles. The maximum absolute atomic E-state index is 14.8. The first kappa shape index (κ1) is 26.2. The summed E-state index contributed by atoms with van der Waals surface area (Å²) in [6.45, 7) is 3.75. The summed E-state index contributed by atoms with van der Waals surface area (Å²) >= 11 is 6.12. The Labute approximate surface area is 208 Å². The van der Waals surface area contributed by atoms with Crippen LogP contribution in [0.2, 0.25) is 5.02 Å². The van der Waals surface area contributed by atoms with Gasteiger partial charge in [0.2, 0.25) is 0 Å². The van der Waals surface area contributed by atoms with Crippen LogP contribution in [-0.4, -0.2) is 51.4 Å². The summed E-state index contributed by atoms with van der Waals surface area (Å²) in [7, 11) is 0. The molecule has 10 heteroatoms. The summed E-state index contributed by atoms with van der Waals surface area (Å²) < 4.78 is 35.1. The van der Waals surface area contributed by atoms with Gasteiger partial charge in [0.1, 0.15) is 24.4 Å². The van der Waals surface area contributed by atoms with E-state index in [0.717, 1.165) is 16.7 Å². The predicted molar refractivity (Wildman–Crippen MR) is 128 cm³/mol. The van der Waals surface area contributed by atoms with Crippen molar-refractivity contribution in [3.8, 4) is 5.75 Å². The minimum Gasteiger partial charge on any atom is -0.489 e. The van der Waals surface area contributed by atoms with Crippen LogP contribution in [0.5, 0.6) is 5.75 Å². The number of halogens is 3. The lowest BCUT2D eigenvalue weighted by molar-refractivity contribution is -0.104. The molecule has 0 amide bonds. The van der Waals surface area contributed by atoms with E-state index in [0.29, 0.717) is 25.1 Å². The summed E-state index contributed by atoms with van der Waals surface area (Å²) in [5, 5.41) is 36.4. The van der Waals surface area contributed by atoms with Crippen molar-refractivity contribution >= 4 is 11.6 Å². The largest absolute Gasteiger partial charge is 0.489 e. The summed E-state index contributed by atoms with van der Waals surface area (Å²) in [4.78, 5) is 1.79. The van der Waals surface area contributed by atoms with E-state index in [9.17, 15) is 24.1 Å². The van der Waals surface area contributed by atoms with E-state index in [1.54, 1.807) is 17.0 Å². The van der Waals surface area contributed by atoms with Crippen molar-refractivity contribution in [2.24, 2.45) is 0 Å². The molecule has 0 radical (unpaired) electrons. The fraction of sp³-hybridized carbons (Fsp3) is 0.520. The molecule has 2 aliphatic rings. The third-order valence-electron chi connectivity index (χ3n) is 6.44. The second kappa shape index (κ2) is 10.6. The molecule has 4 atom stereocenters. The van der Waals surface area contributed by atoms with Gasteiger partial charge in [-0.25, -0.2) is 0 Å². The van der Waals surface area contributed by atoms with Crippen LogP contribution in [0.4, 0.5) is 8.78 Å². The van der Waals surface area contributed by atoms with Crippen molar-refractivity contribution in [3.05, 3.63) is 63.7 Å². The number of hydrogen-bond donors (Lipinski definition) is 5. The number of aliphatic hydroxyl groups excluding tert-OH is 3. The van der Waals surface area contributed by atoms with E-state index in [1.807, 2.05) is 19.9 Å². The van der Waals surface area contributed by atoms with E-state index < -0.39 is 31.2 Å². The topological polar surface area (TPSA) is 97.2 Å². The van der Waals surface area contributed by atoms with Gasteiger partial charge in [-0.1, -0.05) is 29.8 Å². The number of nitrogens with one attached hydrogen (secondary N) is 2. The van der Waals surface area contributed by atoms with Crippen molar-refractivity contribution in [1.29, 1.82) is 0 Å². The molecule has 2 aromatic rings. The molecule has 4 rings (SSSR count). The molecule has 1 fully saturated rings. The molecule has 0 spiro atoms. The van der Waals surface area contributed by atoms with Gasteiger partial charge in [0.15, 0.2) is 0 Å². The Bertz CT molecular complexity index is 1040. The van der Waals surface area contributed by atoms with Crippen LogP contribution in [0.1, 0.15) is 55.2 Å². The van der Waals surface area contributed by atoms with Gasteiger partial charge in [0.25, 0.3) is 5.92 Å². The molecule has 0 aliphatic carbocycles. The van der Waals surface area contributed by atoms with Gasteiger partial charge in [-0.3, -0.25) is 10.2 Å². The van der Waals surface area contributed by atoms with Gasteiger partial charge in [-0.15, -0.1) is 0 Å². The lowest BCUT2D eigenvalue weighted by atomic mass is 10.0. The number of hydrogen-bond acceptors (Lipinski definition) is 7. The van der Waals surface area contributed by atoms with Gasteiger partial charge in [0.05, 0.1) is 23.7 Å². The van der Waals surface area contributed by atoms with Crippen molar-refractivity contribution in [2.75, 3.05) is 6.54 Å². The maximum Gasteiger partial charge on any atom is 0.285 e. The van der Waals surface area contributed by atoms with E-state index in [4.69, 9.17) is 16.3 Å². The zero-order valence-corrected chi connectivity index (χ0v) is 20.5. The van der Waals surface area contributed by atoms with Crippen molar-refractivity contribution in [1.82, 2.24) is 15.5 Å². The smallest absolute Gasteiger partial charge is 0.285 e. The number of rotatable bonds is 8. The highest BCUT2D eigenvalue weighted by Crippen LogP contribution is 2.37. The second-order valence-electron chi connectivity index (χ2n) is 9.47. The molecular weight excluding hydrogens is 480 g/mol. The number of aliphatic hydroxyl groups is 3. The van der Waals surface area contributed by atoms with E-state index in [-0.39, 0.29) is 29.3 Å².